The molecule has 2 aromatic rings. The first-order valence-electron chi connectivity index (χ1n) is 11.4. The van der Waals surface area contributed by atoms with E-state index in [1.165, 1.54) is 28.6 Å². The first kappa shape index (κ1) is 29.0. The third-order valence-electron chi connectivity index (χ3n) is 6.61. The first-order chi connectivity index (χ1) is 17.9. The standard InChI is InChI=1S/C24H21F8N3O3S/c1-39(37,38)34-10-8-15(9-11-34)14-2-4-16(5-3-14)20-13-21(22(36,23(27,28)29)24(30,31)32)33-35(20)19-7-6-17(25)12-18(19)26/h2-8,12,20,36H,9-11,13H2,1H3. The van der Waals surface area contributed by atoms with Crippen molar-refractivity contribution in [3.63, 3.8) is 0 Å². The number of alkyl halides is 6. The van der Waals surface area contributed by atoms with Gasteiger partial charge in [-0.3, -0.25) is 5.01 Å². The number of hydrogen-bond donors (Lipinski definition) is 1. The number of aliphatic hydroxyl groups is 1. The molecular weight excluding hydrogens is 562 g/mol. The van der Waals surface area contributed by atoms with Gasteiger partial charge in [-0.05, 0) is 35.3 Å². The zero-order valence-electron chi connectivity index (χ0n) is 20.1. The highest BCUT2D eigenvalue weighted by atomic mass is 32.2. The predicted molar refractivity (Wildman–Crippen MR) is 126 cm³/mol. The lowest BCUT2D eigenvalue weighted by Crippen LogP contribution is -2.62. The summed E-state index contributed by atoms with van der Waals surface area (Å²) in [5, 5.41) is 13.8. The Morgan fingerprint density at radius 2 is 1.59 bits per heavy atom. The van der Waals surface area contributed by atoms with Crippen LogP contribution in [0.15, 0.2) is 53.6 Å². The minimum absolute atomic E-state index is 0.126. The van der Waals surface area contributed by atoms with Crippen LogP contribution in [0.5, 0.6) is 0 Å². The molecule has 0 saturated carbocycles. The average Bonchev–Trinajstić information content (AvgIpc) is 3.27. The number of sulfonamides is 1. The van der Waals surface area contributed by atoms with Crippen LogP contribution in [0, 0.1) is 11.6 Å². The summed E-state index contributed by atoms with van der Waals surface area (Å²) in [5.41, 5.74) is -6.05. The molecule has 0 spiro atoms. The molecule has 0 amide bonds. The normalized spacial score (nSPS) is 19.7. The zero-order valence-corrected chi connectivity index (χ0v) is 20.9. The lowest BCUT2D eigenvalue weighted by Gasteiger charge is -2.32. The van der Waals surface area contributed by atoms with Crippen LogP contribution in [-0.2, 0) is 10.0 Å². The number of halogens is 8. The predicted octanol–water partition coefficient (Wildman–Crippen LogP) is 5.18. The van der Waals surface area contributed by atoms with E-state index in [9.17, 15) is 48.6 Å². The molecule has 39 heavy (non-hydrogen) atoms. The smallest absolute Gasteiger partial charge is 0.369 e. The molecule has 0 radical (unpaired) electrons. The van der Waals surface area contributed by atoms with Gasteiger partial charge in [-0.2, -0.15) is 35.7 Å². The van der Waals surface area contributed by atoms with E-state index in [-0.39, 0.29) is 18.7 Å². The average molecular weight is 584 g/mol. The van der Waals surface area contributed by atoms with Crippen molar-refractivity contribution in [2.45, 2.75) is 36.8 Å². The molecule has 1 unspecified atom stereocenters. The van der Waals surface area contributed by atoms with Gasteiger partial charge in [0.05, 0.1) is 23.7 Å². The molecule has 15 heteroatoms. The fourth-order valence-corrected chi connectivity index (χ4v) is 5.27. The minimum atomic E-state index is -6.19. The van der Waals surface area contributed by atoms with Crippen LogP contribution in [-0.4, -0.2) is 60.8 Å². The number of hydrazone groups is 1. The minimum Gasteiger partial charge on any atom is -0.369 e. The summed E-state index contributed by atoms with van der Waals surface area (Å²) >= 11 is 0. The topological polar surface area (TPSA) is 73.2 Å². The van der Waals surface area contributed by atoms with Crippen molar-refractivity contribution in [3.8, 4) is 0 Å². The number of rotatable bonds is 5. The number of anilines is 1. The number of benzene rings is 2. The maximum atomic E-state index is 14.6. The molecule has 0 aromatic heterocycles. The van der Waals surface area contributed by atoms with Gasteiger partial charge >= 0.3 is 12.4 Å². The van der Waals surface area contributed by atoms with E-state index >= 15 is 0 Å². The molecule has 2 aliphatic heterocycles. The Morgan fingerprint density at radius 1 is 0.974 bits per heavy atom. The quantitative estimate of drug-likeness (QED) is 0.493. The van der Waals surface area contributed by atoms with Crippen LogP contribution in [0.25, 0.3) is 5.57 Å². The van der Waals surface area contributed by atoms with Crippen molar-refractivity contribution in [1.82, 2.24) is 4.31 Å². The van der Waals surface area contributed by atoms with Crippen molar-refractivity contribution >= 4 is 27.0 Å². The highest BCUT2D eigenvalue weighted by molar-refractivity contribution is 7.88. The van der Waals surface area contributed by atoms with Crippen LogP contribution in [0.4, 0.5) is 40.8 Å². The van der Waals surface area contributed by atoms with Crippen molar-refractivity contribution in [3.05, 3.63) is 71.3 Å². The summed E-state index contributed by atoms with van der Waals surface area (Å²) in [6, 6.07) is 6.44. The lowest BCUT2D eigenvalue weighted by molar-refractivity contribution is -0.338. The molecule has 1 N–H and O–H groups in total. The van der Waals surface area contributed by atoms with E-state index in [2.05, 4.69) is 5.10 Å². The van der Waals surface area contributed by atoms with Gasteiger partial charge in [-0.25, -0.2) is 17.2 Å². The molecule has 2 aliphatic rings. The van der Waals surface area contributed by atoms with Crippen LogP contribution in [0.1, 0.15) is 30.0 Å². The Bertz CT molecular complexity index is 1410. The van der Waals surface area contributed by atoms with Crippen molar-refractivity contribution in [2.75, 3.05) is 24.4 Å². The zero-order chi connectivity index (χ0) is 29.0. The van der Waals surface area contributed by atoms with Crippen molar-refractivity contribution < 1.29 is 48.6 Å². The van der Waals surface area contributed by atoms with Gasteiger partial charge in [-0.1, -0.05) is 30.3 Å². The Hall–Kier alpha value is -3.04. The fourth-order valence-electron chi connectivity index (χ4n) is 4.50. The molecule has 0 bridgehead atoms. The summed E-state index contributed by atoms with van der Waals surface area (Å²) in [6.45, 7) is 0.345. The number of nitrogens with zero attached hydrogens (tertiary/aromatic N) is 3. The van der Waals surface area contributed by atoms with Crippen LogP contribution < -0.4 is 5.01 Å². The second-order valence-corrected chi connectivity index (χ2v) is 11.1. The highest BCUT2D eigenvalue weighted by Gasteiger charge is 2.74. The lowest BCUT2D eigenvalue weighted by atomic mass is 9.89. The SMILES string of the molecule is CS(=O)(=O)N1CC=C(c2ccc(C3CC(C(O)(C(F)(F)F)C(F)(F)F)=NN3c3ccc(F)cc3F)cc2)CC1. The Balaban J connectivity index is 1.72. The van der Waals surface area contributed by atoms with Crippen molar-refractivity contribution in [1.29, 1.82) is 0 Å². The molecule has 2 heterocycles. The van der Waals surface area contributed by atoms with Crippen LogP contribution >= 0.6 is 0 Å². The van der Waals surface area contributed by atoms with E-state index in [1.807, 2.05) is 0 Å². The molecule has 6 nitrogen and oxygen atoms in total. The summed E-state index contributed by atoms with van der Waals surface area (Å²) in [6.07, 6.45) is -10.3. The summed E-state index contributed by atoms with van der Waals surface area (Å²) in [7, 11) is -3.39. The van der Waals surface area contributed by atoms with E-state index < -0.39 is 63.5 Å². The van der Waals surface area contributed by atoms with Gasteiger partial charge < -0.3 is 5.11 Å². The second-order valence-electron chi connectivity index (χ2n) is 9.14. The summed E-state index contributed by atoms with van der Waals surface area (Å²) < 4.78 is 134. The molecule has 0 aliphatic carbocycles. The van der Waals surface area contributed by atoms with Gasteiger partial charge in [-0.15, -0.1) is 0 Å². The third kappa shape index (κ3) is 5.39. The van der Waals surface area contributed by atoms with Gasteiger partial charge in [0.1, 0.15) is 5.82 Å². The van der Waals surface area contributed by atoms with E-state index in [4.69, 9.17) is 0 Å². The second kappa shape index (κ2) is 9.86. The Morgan fingerprint density at radius 3 is 2.08 bits per heavy atom. The monoisotopic (exact) mass is 583 g/mol. The van der Waals surface area contributed by atoms with E-state index in [0.717, 1.165) is 24.0 Å². The van der Waals surface area contributed by atoms with Gasteiger partial charge in [0.15, 0.2) is 5.82 Å². The van der Waals surface area contributed by atoms with Gasteiger partial charge in [0.2, 0.25) is 10.0 Å². The van der Waals surface area contributed by atoms with Gasteiger partial charge in [0.25, 0.3) is 5.60 Å². The molecular formula is C24H21F8N3O3S. The fraction of sp³-hybridized carbons (Fsp3) is 0.375. The Kier molecular flexibility index (Phi) is 7.32. The molecule has 0 fully saturated rings. The first-order valence-corrected chi connectivity index (χ1v) is 13.2. The van der Waals surface area contributed by atoms with E-state index in [1.54, 1.807) is 6.08 Å². The largest absolute Gasteiger partial charge is 0.431 e. The van der Waals surface area contributed by atoms with Crippen LogP contribution in [0.3, 0.4) is 0 Å². The molecule has 1 atom stereocenters. The van der Waals surface area contributed by atoms with E-state index in [0.29, 0.717) is 23.1 Å². The maximum absolute atomic E-state index is 14.6. The molecule has 2 aromatic carbocycles. The van der Waals surface area contributed by atoms with Crippen molar-refractivity contribution in [2.24, 2.45) is 5.10 Å². The summed E-state index contributed by atoms with van der Waals surface area (Å²) in [4.78, 5) is 0. The molecule has 212 valence electrons. The molecule has 0 saturated heterocycles. The highest BCUT2D eigenvalue weighted by Crippen LogP contribution is 2.49. The Labute approximate surface area is 217 Å². The molecule has 4 rings (SSSR count). The van der Waals surface area contributed by atoms with Crippen LogP contribution in [0.2, 0.25) is 0 Å². The number of hydrogen-bond acceptors (Lipinski definition) is 5. The van der Waals surface area contributed by atoms with Gasteiger partial charge in [0, 0.05) is 25.6 Å². The maximum Gasteiger partial charge on any atom is 0.431 e. The summed E-state index contributed by atoms with van der Waals surface area (Å²) in [5.74, 6) is -2.31. The third-order valence-corrected chi connectivity index (χ3v) is 7.88.